The molecule has 4 heteroatoms. The smallest absolute Gasteiger partial charge is 0.319 e. The molecule has 0 spiro atoms. The van der Waals surface area contributed by atoms with Crippen molar-refractivity contribution >= 4 is 6.03 Å². The van der Waals surface area contributed by atoms with Crippen molar-refractivity contribution in [3.8, 4) is 0 Å². The molecule has 0 atom stereocenters. The van der Waals surface area contributed by atoms with E-state index in [2.05, 4.69) is 65.6 Å². The lowest BCUT2D eigenvalue weighted by Crippen LogP contribution is -2.49. The summed E-state index contributed by atoms with van der Waals surface area (Å²) in [5.74, 6) is 0.435. The lowest BCUT2D eigenvalue weighted by Gasteiger charge is -2.38. The predicted octanol–water partition coefficient (Wildman–Crippen LogP) is 4.82. The fourth-order valence-corrected chi connectivity index (χ4v) is 5.03. The summed E-state index contributed by atoms with van der Waals surface area (Å²) >= 11 is 0. The number of hydrogen-bond acceptors (Lipinski definition) is 2. The Labute approximate surface area is 181 Å². The summed E-state index contributed by atoms with van der Waals surface area (Å²) in [5, 5.41) is 0. The van der Waals surface area contributed by atoms with Gasteiger partial charge in [0.05, 0.1) is 0 Å². The van der Waals surface area contributed by atoms with Crippen molar-refractivity contribution < 1.29 is 4.79 Å². The van der Waals surface area contributed by atoms with Gasteiger partial charge in [-0.05, 0) is 49.8 Å². The molecule has 2 aliphatic rings. The molecule has 4 nitrogen and oxygen atoms in total. The van der Waals surface area contributed by atoms with E-state index in [9.17, 15) is 4.79 Å². The Hall–Kier alpha value is -2.33. The average Bonchev–Trinajstić information content (AvgIpc) is 3.35. The van der Waals surface area contributed by atoms with E-state index in [-0.39, 0.29) is 6.03 Å². The van der Waals surface area contributed by atoms with E-state index in [1.165, 1.54) is 11.1 Å². The van der Waals surface area contributed by atoms with E-state index in [0.717, 1.165) is 64.8 Å². The standard InChI is InChI=1S/C26H35N3O/c1-27(26(30)29-17-8-9-18-29)24-14-19-28(20-15-24)21-16-25(22-10-4-2-5-11-22)23-12-6-3-7-13-23/h2-7,10-13,24-25H,8-9,14-21H2,1H3. The summed E-state index contributed by atoms with van der Waals surface area (Å²) in [5.41, 5.74) is 2.80. The normalized spacial score (nSPS) is 18.1. The van der Waals surface area contributed by atoms with E-state index in [0.29, 0.717) is 12.0 Å². The van der Waals surface area contributed by atoms with Gasteiger partial charge in [0.25, 0.3) is 0 Å². The first kappa shape index (κ1) is 20.9. The van der Waals surface area contributed by atoms with Gasteiger partial charge in [0, 0.05) is 45.2 Å². The number of piperidine rings is 1. The zero-order valence-electron chi connectivity index (χ0n) is 18.2. The number of urea groups is 1. The van der Waals surface area contributed by atoms with Crippen LogP contribution < -0.4 is 0 Å². The van der Waals surface area contributed by atoms with Crippen molar-refractivity contribution in [2.75, 3.05) is 39.8 Å². The van der Waals surface area contributed by atoms with Crippen molar-refractivity contribution in [2.24, 2.45) is 0 Å². The Bertz CT molecular complexity index is 741. The number of carbonyl (C=O) groups excluding carboxylic acids is 1. The highest BCUT2D eigenvalue weighted by Gasteiger charge is 2.29. The van der Waals surface area contributed by atoms with Gasteiger partial charge in [0.15, 0.2) is 0 Å². The molecule has 0 radical (unpaired) electrons. The third kappa shape index (κ3) is 5.04. The molecule has 30 heavy (non-hydrogen) atoms. The number of carbonyl (C=O) groups is 1. The van der Waals surface area contributed by atoms with Crippen LogP contribution in [0.3, 0.4) is 0 Å². The maximum absolute atomic E-state index is 12.7. The van der Waals surface area contributed by atoms with Crippen LogP contribution in [0.2, 0.25) is 0 Å². The Morgan fingerprint density at radius 2 is 1.43 bits per heavy atom. The summed E-state index contributed by atoms with van der Waals surface area (Å²) in [6.45, 7) is 5.13. The Morgan fingerprint density at radius 3 is 1.97 bits per heavy atom. The minimum atomic E-state index is 0.235. The lowest BCUT2D eigenvalue weighted by molar-refractivity contribution is 0.115. The molecule has 2 fully saturated rings. The molecule has 0 aliphatic carbocycles. The van der Waals surface area contributed by atoms with Gasteiger partial charge in [-0.2, -0.15) is 0 Å². The van der Waals surface area contributed by atoms with Gasteiger partial charge in [0.1, 0.15) is 0 Å². The van der Waals surface area contributed by atoms with Gasteiger partial charge < -0.3 is 14.7 Å². The Balaban J connectivity index is 1.31. The van der Waals surface area contributed by atoms with Gasteiger partial charge in [-0.15, -0.1) is 0 Å². The molecule has 0 N–H and O–H groups in total. The second-order valence-corrected chi connectivity index (χ2v) is 8.82. The van der Waals surface area contributed by atoms with E-state index >= 15 is 0 Å². The SMILES string of the molecule is CN(C(=O)N1CCCC1)C1CCN(CCC(c2ccccc2)c2ccccc2)CC1. The van der Waals surface area contributed by atoms with Gasteiger partial charge in [-0.25, -0.2) is 4.79 Å². The lowest BCUT2D eigenvalue weighted by atomic mass is 9.88. The molecular formula is C26H35N3O. The minimum absolute atomic E-state index is 0.235. The molecule has 2 heterocycles. The molecule has 0 bridgehead atoms. The summed E-state index contributed by atoms with van der Waals surface area (Å²) in [4.78, 5) is 19.3. The first-order chi connectivity index (χ1) is 14.7. The highest BCUT2D eigenvalue weighted by Crippen LogP contribution is 2.29. The van der Waals surface area contributed by atoms with Crippen LogP contribution in [0.25, 0.3) is 0 Å². The number of rotatable bonds is 6. The molecule has 0 aromatic heterocycles. The van der Waals surface area contributed by atoms with E-state index in [1.807, 2.05) is 16.8 Å². The summed E-state index contributed by atoms with van der Waals surface area (Å²) < 4.78 is 0. The van der Waals surface area contributed by atoms with Gasteiger partial charge in [-0.1, -0.05) is 60.7 Å². The van der Waals surface area contributed by atoms with Crippen LogP contribution in [0.5, 0.6) is 0 Å². The van der Waals surface area contributed by atoms with Gasteiger partial charge in [0.2, 0.25) is 0 Å². The molecule has 2 aliphatic heterocycles. The van der Waals surface area contributed by atoms with Crippen LogP contribution in [0.15, 0.2) is 60.7 Å². The molecule has 0 unspecified atom stereocenters. The van der Waals surface area contributed by atoms with E-state index in [4.69, 9.17) is 0 Å². The Morgan fingerprint density at radius 1 is 0.900 bits per heavy atom. The van der Waals surface area contributed by atoms with Crippen LogP contribution in [0.4, 0.5) is 4.79 Å². The highest BCUT2D eigenvalue weighted by atomic mass is 16.2. The first-order valence-electron chi connectivity index (χ1n) is 11.6. The number of likely N-dealkylation sites (tertiary alicyclic amines) is 2. The van der Waals surface area contributed by atoms with Crippen LogP contribution in [-0.4, -0.2) is 66.5 Å². The molecular weight excluding hydrogens is 370 g/mol. The van der Waals surface area contributed by atoms with Crippen molar-refractivity contribution in [3.05, 3.63) is 71.8 Å². The number of amides is 2. The summed E-state index contributed by atoms with van der Waals surface area (Å²) in [6, 6.07) is 22.4. The van der Waals surface area contributed by atoms with E-state index in [1.54, 1.807) is 0 Å². The predicted molar refractivity (Wildman–Crippen MR) is 123 cm³/mol. The van der Waals surface area contributed by atoms with Gasteiger partial charge >= 0.3 is 6.03 Å². The first-order valence-corrected chi connectivity index (χ1v) is 11.6. The van der Waals surface area contributed by atoms with Crippen molar-refractivity contribution in [1.82, 2.24) is 14.7 Å². The maximum atomic E-state index is 12.7. The highest BCUT2D eigenvalue weighted by molar-refractivity contribution is 5.74. The molecule has 4 rings (SSSR count). The van der Waals surface area contributed by atoms with Crippen LogP contribution in [0.1, 0.15) is 49.1 Å². The zero-order chi connectivity index (χ0) is 20.8. The summed E-state index contributed by atoms with van der Waals surface area (Å²) in [6.07, 6.45) is 5.60. The largest absolute Gasteiger partial charge is 0.325 e. The van der Waals surface area contributed by atoms with Crippen LogP contribution >= 0.6 is 0 Å². The second kappa shape index (κ2) is 10.1. The van der Waals surface area contributed by atoms with Crippen molar-refractivity contribution in [2.45, 2.75) is 44.1 Å². The molecule has 2 amide bonds. The number of nitrogens with zero attached hydrogens (tertiary/aromatic N) is 3. The molecule has 2 aromatic carbocycles. The topological polar surface area (TPSA) is 26.8 Å². The van der Waals surface area contributed by atoms with Gasteiger partial charge in [-0.3, -0.25) is 0 Å². The molecule has 2 saturated heterocycles. The number of benzene rings is 2. The molecule has 160 valence electrons. The van der Waals surface area contributed by atoms with Crippen molar-refractivity contribution in [3.63, 3.8) is 0 Å². The molecule has 2 aromatic rings. The summed E-state index contributed by atoms with van der Waals surface area (Å²) in [7, 11) is 2.00. The second-order valence-electron chi connectivity index (χ2n) is 8.82. The average molecular weight is 406 g/mol. The fraction of sp³-hybridized carbons (Fsp3) is 0.500. The molecule has 0 saturated carbocycles. The third-order valence-corrected chi connectivity index (χ3v) is 6.92. The maximum Gasteiger partial charge on any atom is 0.319 e. The quantitative estimate of drug-likeness (QED) is 0.689. The van der Waals surface area contributed by atoms with Crippen LogP contribution in [0, 0.1) is 0 Å². The van der Waals surface area contributed by atoms with E-state index < -0.39 is 0 Å². The van der Waals surface area contributed by atoms with Crippen molar-refractivity contribution in [1.29, 1.82) is 0 Å². The Kier molecular flexibility index (Phi) is 7.06. The monoisotopic (exact) mass is 405 g/mol. The fourth-order valence-electron chi connectivity index (χ4n) is 5.03. The number of hydrogen-bond donors (Lipinski definition) is 0. The van der Waals surface area contributed by atoms with Crippen LogP contribution in [-0.2, 0) is 0 Å². The third-order valence-electron chi connectivity index (χ3n) is 6.92. The zero-order valence-corrected chi connectivity index (χ0v) is 18.2. The minimum Gasteiger partial charge on any atom is -0.325 e.